The highest BCUT2D eigenvalue weighted by Gasteiger charge is 2.28. The number of benzene rings is 2. The van der Waals surface area contributed by atoms with Crippen LogP contribution in [0.4, 0.5) is 0 Å². The first kappa shape index (κ1) is 22.3. The summed E-state index contributed by atoms with van der Waals surface area (Å²) in [5, 5.41) is 7.30. The average Bonchev–Trinajstić information content (AvgIpc) is 3.19. The lowest BCUT2D eigenvalue weighted by Gasteiger charge is -2.13. The number of furan rings is 1. The molecule has 170 valence electrons. The molecule has 1 aromatic heterocycles. The van der Waals surface area contributed by atoms with Crippen LogP contribution >= 0.6 is 0 Å². The number of amides is 2. The van der Waals surface area contributed by atoms with Crippen LogP contribution in [-0.4, -0.2) is 24.6 Å². The van der Waals surface area contributed by atoms with E-state index in [1.807, 2.05) is 38.1 Å². The van der Waals surface area contributed by atoms with Gasteiger partial charge in [-0.2, -0.15) is 5.10 Å². The number of fused-ring (bicyclic) bond motifs is 1. The van der Waals surface area contributed by atoms with Crippen molar-refractivity contribution in [3.63, 3.8) is 0 Å². The van der Waals surface area contributed by atoms with Crippen LogP contribution in [0.15, 0.2) is 58.0 Å². The van der Waals surface area contributed by atoms with E-state index < -0.39 is 0 Å². The number of hydrazone groups is 1. The van der Waals surface area contributed by atoms with Gasteiger partial charge in [0.2, 0.25) is 0 Å². The van der Waals surface area contributed by atoms with Gasteiger partial charge in [-0.1, -0.05) is 29.8 Å². The van der Waals surface area contributed by atoms with Crippen LogP contribution in [0.1, 0.15) is 61.8 Å². The third-order valence-electron chi connectivity index (χ3n) is 5.75. The van der Waals surface area contributed by atoms with Crippen LogP contribution < -0.4 is 15.5 Å². The summed E-state index contributed by atoms with van der Waals surface area (Å²) in [5.41, 5.74) is 7.58. The maximum atomic E-state index is 12.8. The van der Waals surface area contributed by atoms with Crippen molar-refractivity contribution in [2.75, 3.05) is 7.11 Å². The Morgan fingerprint density at radius 2 is 1.73 bits per heavy atom. The van der Waals surface area contributed by atoms with Crippen molar-refractivity contribution in [3.05, 3.63) is 87.9 Å². The van der Waals surface area contributed by atoms with E-state index in [2.05, 4.69) is 15.8 Å². The van der Waals surface area contributed by atoms with Gasteiger partial charge < -0.3 is 14.5 Å². The zero-order chi connectivity index (χ0) is 23.4. The molecule has 0 aliphatic heterocycles. The molecule has 0 saturated carbocycles. The minimum absolute atomic E-state index is 0.260. The summed E-state index contributed by atoms with van der Waals surface area (Å²) in [6, 6.07) is 14.8. The van der Waals surface area contributed by atoms with Gasteiger partial charge in [0.25, 0.3) is 11.8 Å². The zero-order valence-corrected chi connectivity index (χ0v) is 19.0. The second kappa shape index (κ2) is 9.73. The number of hydrogen-bond donors (Lipinski definition) is 2. The summed E-state index contributed by atoms with van der Waals surface area (Å²) in [6.07, 6.45) is 2.26. The van der Waals surface area contributed by atoms with Gasteiger partial charge in [-0.05, 0) is 56.5 Å². The Morgan fingerprint density at radius 1 is 1.00 bits per heavy atom. The summed E-state index contributed by atoms with van der Waals surface area (Å²) >= 11 is 0. The van der Waals surface area contributed by atoms with Gasteiger partial charge in [-0.15, -0.1) is 0 Å². The molecule has 7 heteroatoms. The molecule has 0 atom stereocenters. The van der Waals surface area contributed by atoms with E-state index in [0.717, 1.165) is 41.0 Å². The first-order chi connectivity index (χ1) is 16.0. The third-order valence-corrected chi connectivity index (χ3v) is 5.75. The number of nitrogens with one attached hydrogen (secondary N) is 2. The molecule has 0 spiro atoms. The van der Waals surface area contributed by atoms with Crippen molar-refractivity contribution < 1.29 is 18.7 Å². The first-order valence-electron chi connectivity index (χ1n) is 10.9. The highest BCUT2D eigenvalue weighted by Crippen LogP contribution is 2.30. The van der Waals surface area contributed by atoms with Gasteiger partial charge >= 0.3 is 0 Å². The molecule has 4 rings (SSSR count). The SMILES string of the molecule is COc1ccc(C(=O)N/N=C2\CCCc3oc(C(=O)NCc4ccc(C)cc4)c(C)c32)cc1. The van der Waals surface area contributed by atoms with E-state index in [0.29, 0.717) is 30.0 Å². The van der Waals surface area contributed by atoms with Crippen molar-refractivity contribution in [1.82, 2.24) is 10.7 Å². The molecule has 33 heavy (non-hydrogen) atoms. The molecule has 0 bridgehead atoms. The Morgan fingerprint density at radius 3 is 2.42 bits per heavy atom. The highest BCUT2D eigenvalue weighted by molar-refractivity contribution is 6.07. The Labute approximate surface area is 192 Å². The van der Waals surface area contributed by atoms with E-state index in [-0.39, 0.29) is 11.8 Å². The van der Waals surface area contributed by atoms with Gasteiger partial charge in [-0.25, -0.2) is 5.43 Å². The zero-order valence-electron chi connectivity index (χ0n) is 19.0. The Kier molecular flexibility index (Phi) is 6.58. The maximum Gasteiger partial charge on any atom is 0.287 e. The molecule has 1 aliphatic carbocycles. The van der Waals surface area contributed by atoms with E-state index in [1.54, 1.807) is 31.4 Å². The van der Waals surface area contributed by atoms with Gasteiger partial charge in [0, 0.05) is 29.7 Å². The van der Waals surface area contributed by atoms with Gasteiger partial charge in [0.15, 0.2) is 5.76 Å². The molecule has 0 unspecified atom stereocenters. The summed E-state index contributed by atoms with van der Waals surface area (Å²) < 4.78 is 11.1. The predicted octanol–water partition coefficient (Wildman–Crippen LogP) is 4.31. The molecule has 1 heterocycles. The van der Waals surface area contributed by atoms with Gasteiger partial charge in [0.05, 0.1) is 12.8 Å². The Hall–Kier alpha value is -3.87. The molecule has 7 nitrogen and oxygen atoms in total. The van der Waals surface area contributed by atoms with Crippen LogP contribution in [0.3, 0.4) is 0 Å². The number of carbonyl (C=O) groups excluding carboxylic acids is 2. The van der Waals surface area contributed by atoms with Gasteiger partial charge in [-0.3, -0.25) is 9.59 Å². The molecule has 0 saturated heterocycles. The van der Waals surface area contributed by atoms with Crippen LogP contribution in [0.5, 0.6) is 5.75 Å². The maximum absolute atomic E-state index is 12.8. The third kappa shape index (κ3) is 4.98. The van der Waals surface area contributed by atoms with E-state index in [4.69, 9.17) is 9.15 Å². The fourth-order valence-corrected chi connectivity index (χ4v) is 3.89. The largest absolute Gasteiger partial charge is 0.497 e. The van der Waals surface area contributed by atoms with Gasteiger partial charge in [0.1, 0.15) is 11.5 Å². The number of carbonyl (C=O) groups is 2. The smallest absolute Gasteiger partial charge is 0.287 e. The minimum Gasteiger partial charge on any atom is -0.497 e. The highest BCUT2D eigenvalue weighted by atomic mass is 16.5. The number of rotatable bonds is 6. The van der Waals surface area contributed by atoms with Crippen molar-refractivity contribution in [3.8, 4) is 5.75 Å². The summed E-state index contributed by atoms with van der Waals surface area (Å²) in [5.74, 6) is 1.13. The lowest BCUT2D eigenvalue weighted by molar-refractivity contribution is 0.0919. The number of aryl methyl sites for hydroxylation is 2. The summed E-state index contributed by atoms with van der Waals surface area (Å²) in [6.45, 7) is 4.30. The van der Waals surface area contributed by atoms with Crippen molar-refractivity contribution in [2.24, 2.45) is 5.10 Å². The molecule has 2 N–H and O–H groups in total. The van der Waals surface area contributed by atoms with Crippen LogP contribution in [0.2, 0.25) is 0 Å². The monoisotopic (exact) mass is 445 g/mol. The van der Waals surface area contributed by atoms with Crippen molar-refractivity contribution in [1.29, 1.82) is 0 Å². The fraction of sp³-hybridized carbons (Fsp3) is 0.269. The molecular formula is C26H27N3O4. The van der Waals surface area contributed by atoms with E-state index in [9.17, 15) is 9.59 Å². The topological polar surface area (TPSA) is 92.9 Å². The van der Waals surface area contributed by atoms with Crippen molar-refractivity contribution in [2.45, 2.75) is 39.7 Å². The minimum atomic E-state index is -0.311. The van der Waals surface area contributed by atoms with Crippen LogP contribution in [-0.2, 0) is 13.0 Å². The molecular weight excluding hydrogens is 418 g/mol. The molecule has 2 amide bonds. The quantitative estimate of drug-likeness (QED) is 0.553. The van der Waals surface area contributed by atoms with Crippen LogP contribution in [0, 0.1) is 13.8 Å². The first-order valence-corrected chi connectivity index (χ1v) is 10.9. The number of ether oxygens (including phenoxy) is 1. The van der Waals surface area contributed by atoms with E-state index in [1.165, 1.54) is 5.56 Å². The van der Waals surface area contributed by atoms with Crippen molar-refractivity contribution >= 4 is 17.5 Å². The van der Waals surface area contributed by atoms with E-state index >= 15 is 0 Å². The number of methoxy groups -OCH3 is 1. The molecule has 3 aromatic rings. The average molecular weight is 446 g/mol. The van der Waals surface area contributed by atoms with Crippen LogP contribution in [0.25, 0.3) is 0 Å². The lowest BCUT2D eigenvalue weighted by Crippen LogP contribution is -2.23. The predicted molar refractivity (Wildman–Crippen MR) is 126 cm³/mol. The normalized spacial score (nSPS) is 14.0. The molecule has 1 aliphatic rings. The summed E-state index contributed by atoms with van der Waals surface area (Å²) in [4.78, 5) is 25.3. The molecule has 0 fully saturated rings. The summed E-state index contributed by atoms with van der Waals surface area (Å²) in [7, 11) is 1.58. The Bertz CT molecular complexity index is 1190. The second-order valence-corrected chi connectivity index (χ2v) is 8.10. The number of nitrogens with zero attached hydrogens (tertiary/aromatic N) is 1. The fourth-order valence-electron chi connectivity index (χ4n) is 3.89. The second-order valence-electron chi connectivity index (χ2n) is 8.10. The lowest BCUT2D eigenvalue weighted by atomic mass is 9.93. The standard InChI is InChI=1S/C26H27N3O4/c1-16-7-9-18(10-8-16)15-27-26(31)24-17(2)23-21(5-4-6-22(23)33-24)28-29-25(30)19-11-13-20(32-3)14-12-19/h7-14H,4-6,15H2,1-3H3,(H,27,31)(H,29,30)/b28-21+. The molecule has 2 aromatic carbocycles. The molecule has 0 radical (unpaired) electrons. The Balaban J connectivity index is 1.48. The number of hydrogen-bond acceptors (Lipinski definition) is 5.